The van der Waals surface area contributed by atoms with Crippen molar-refractivity contribution < 1.29 is 26.7 Å². The summed E-state index contributed by atoms with van der Waals surface area (Å²) in [5, 5.41) is 8.52. The molecule has 118 valence electrons. The first-order chi connectivity index (χ1) is 9.59. The van der Waals surface area contributed by atoms with Crippen molar-refractivity contribution in [2.45, 2.75) is 23.3 Å². The van der Waals surface area contributed by atoms with Gasteiger partial charge in [0, 0.05) is 19.0 Å². The second-order valence-corrected chi connectivity index (χ2v) is 8.24. The number of sulfonamides is 1. The van der Waals surface area contributed by atoms with E-state index < -0.39 is 32.4 Å². The van der Waals surface area contributed by atoms with Crippen LogP contribution < -0.4 is 0 Å². The van der Waals surface area contributed by atoms with E-state index in [1.54, 1.807) is 6.92 Å². The van der Waals surface area contributed by atoms with E-state index in [9.17, 15) is 21.6 Å². The van der Waals surface area contributed by atoms with Crippen molar-refractivity contribution in [2.75, 3.05) is 19.3 Å². The molecule has 1 heterocycles. The summed E-state index contributed by atoms with van der Waals surface area (Å²) in [6, 6.07) is 2.18. The summed E-state index contributed by atoms with van der Waals surface area (Å²) in [6.07, 6.45) is 2.31. The summed E-state index contributed by atoms with van der Waals surface area (Å²) >= 11 is 0. The third-order valence-corrected chi connectivity index (χ3v) is 5.34. The Morgan fingerprint density at radius 1 is 1.29 bits per heavy atom. The number of rotatable bonds is 7. The molecule has 21 heavy (non-hydrogen) atoms. The highest BCUT2D eigenvalue weighted by atomic mass is 32.2. The molecule has 8 nitrogen and oxygen atoms in total. The summed E-state index contributed by atoms with van der Waals surface area (Å²) in [4.78, 5) is 14.1. The number of carboxylic acids is 1. The van der Waals surface area contributed by atoms with Crippen LogP contribution in [0.5, 0.6) is 0 Å². The molecule has 0 aliphatic heterocycles. The van der Waals surface area contributed by atoms with Gasteiger partial charge in [0.05, 0.1) is 0 Å². The molecule has 0 amide bonds. The normalized spacial score (nSPS) is 12.5. The molecule has 1 aromatic heterocycles. The number of hydrogen-bond donors (Lipinski definition) is 1. The molecule has 0 fully saturated rings. The number of aliphatic carboxylic acids is 1. The first kappa shape index (κ1) is 17.5. The smallest absolute Gasteiger partial charge is 0.318 e. The Labute approximate surface area is 123 Å². The van der Waals surface area contributed by atoms with Crippen molar-refractivity contribution in [3.63, 3.8) is 0 Å². The Morgan fingerprint density at radius 3 is 2.29 bits per heavy atom. The van der Waals surface area contributed by atoms with E-state index in [2.05, 4.69) is 4.98 Å². The van der Waals surface area contributed by atoms with Gasteiger partial charge < -0.3 is 5.11 Å². The van der Waals surface area contributed by atoms with E-state index in [0.717, 1.165) is 28.9 Å². The van der Waals surface area contributed by atoms with E-state index in [1.807, 2.05) is 0 Å². The molecule has 0 radical (unpaired) electrons. The summed E-state index contributed by atoms with van der Waals surface area (Å²) < 4.78 is 47.9. The Kier molecular flexibility index (Phi) is 5.42. The molecule has 1 rings (SSSR count). The monoisotopic (exact) mass is 336 g/mol. The molecule has 0 aliphatic rings. The molecule has 0 saturated heterocycles. The molecule has 0 aliphatic carbocycles. The van der Waals surface area contributed by atoms with Crippen LogP contribution in [-0.4, -0.2) is 56.5 Å². The Balaban J connectivity index is 3.19. The standard InChI is InChI=1S/C11H16N2O6S2/c1-3-6-13(8-11(14)15)21(18,19)9-4-5-10(12-7-9)20(2,16)17/h4-5,7H,3,6,8H2,1-2H3,(H,14,15). The number of sulfone groups is 1. The third-order valence-electron chi connectivity index (χ3n) is 2.51. The third kappa shape index (κ3) is 4.48. The molecule has 0 spiro atoms. The number of hydrogen-bond acceptors (Lipinski definition) is 6. The van der Waals surface area contributed by atoms with Crippen LogP contribution in [0.4, 0.5) is 0 Å². The molecule has 0 unspecified atom stereocenters. The van der Waals surface area contributed by atoms with Crippen molar-refractivity contribution in [1.82, 2.24) is 9.29 Å². The molecule has 0 aromatic carbocycles. The first-order valence-electron chi connectivity index (χ1n) is 5.97. The van der Waals surface area contributed by atoms with Gasteiger partial charge in [-0.2, -0.15) is 4.31 Å². The zero-order valence-corrected chi connectivity index (χ0v) is 13.2. The second kappa shape index (κ2) is 6.50. The van der Waals surface area contributed by atoms with Gasteiger partial charge >= 0.3 is 5.97 Å². The van der Waals surface area contributed by atoms with Gasteiger partial charge in [0.15, 0.2) is 14.9 Å². The fourth-order valence-corrected chi connectivity index (χ4v) is 3.56. The Bertz CT molecular complexity index is 710. The molecule has 0 bridgehead atoms. The van der Waals surface area contributed by atoms with Gasteiger partial charge in [-0.3, -0.25) is 4.79 Å². The van der Waals surface area contributed by atoms with Crippen molar-refractivity contribution in [2.24, 2.45) is 0 Å². The maximum absolute atomic E-state index is 12.3. The van der Waals surface area contributed by atoms with Crippen LogP contribution in [0.1, 0.15) is 13.3 Å². The van der Waals surface area contributed by atoms with Gasteiger partial charge in [0.2, 0.25) is 10.0 Å². The molecule has 0 saturated carbocycles. The van der Waals surface area contributed by atoms with Gasteiger partial charge in [0.25, 0.3) is 0 Å². The fraction of sp³-hybridized carbons (Fsp3) is 0.455. The number of aromatic nitrogens is 1. The largest absolute Gasteiger partial charge is 0.480 e. The highest BCUT2D eigenvalue weighted by molar-refractivity contribution is 7.90. The lowest BCUT2D eigenvalue weighted by molar-refractivity contribution is -0.137. The maximum atomic E-state index is 12.3. The summed E-state index contributed by atoms with van der Waals surface area (Å²) in [5.41, 5.74) is 0. The maximum Gasteiger partial charge on any atom is 0.318 e. The molecule has 1 N–H and O–H groups in total. The van der Waals surface area contributed by atoms with Gasteiger partial charge in [-0.15, -0.1) is 0 Å². The lowest BCUT2D eigenvalue weighted by Crippen LogP contribution is -2.36. The summed E-state index contributed by atoms with van der Waals surface area (Å²) in [7, 11) is -7.55. The molecule has 10 heteroatoms. The second-order valence-electron chi connectivity index (χ2n) is 4.34. The predicted octanol–water partition coefficient (Wildman–Crippen LogP) is -0.0296. The zero-order chi connectivity index (χ0) is 16.3. The number of pyridine rings is 1. The topological polar surface area (TPSA) is 122 Å². The Hall–Kier alpha value is -1.52. The van der Waals surface area contributed by atoms with Crippen LogP contribution in [0.3, 0.4) is 0 Å². The van der Waals surface area contributed by atoms with Crippen LogP contribution in [0.25, 0.3) is 0 Å². The molecular formula is C11H16N2O6S2. The lowest BCUT2D eigenvalue weighted by Gasteiger charge is -2.19. The van der Waals surface area contributed by atoms with Gasteiger partial charge in [0.1, 0.15) is 11.4 Å². The quantitative estimate of drug-likeness (QED) is 0.742. The van der Waals surface area contributed by atoms with E-state index >= 15 is 0 Å². The van der Waals surface area contributed by atoms with Crippen molar-refractivity contribution >= 4 is 25.8 Å². The average molecular weight is 336 g/mol. The SMILES string of the molecule is CCCN(CC(=O)O)S(=O)(=O)c1ccc(S(C)(=O)=O)nc1. The van der Waals surface area contributed by atoms with Crippen LogP contribution >= 0.6 is 0 Å². The minimum atomic E-state index is -4.03. The summed E-state index contributed by atoms with van der Waals surface area (Å²) in [5.74, 6) is -1.27. The number of carboxylic acid groups (broad SMARTS) is 1. The minimum Gasteiger partial charge on any atom is -0.480 e. The van der Waals surface area contributed by atoms with Crippen molar-refractivity contribution in [3.8, 4) is 0 Å². The fourth-order valence-electron chi connectivity index (χ4n) is 1.57. The highest BCUT2D eigenvalue weighted by Crippen LogP contribution is 2.16. The molecular weight excluding hydrogens is 320 g/mol. The minimum absolute atomic E-state index is 0.0441. The average Bonchev–Trinajstić information content (AvgIpc) is 2.37. The predicted molar refractivity (Wildman–Crippen MR) is 74.0 cm³/mol. The van der Waals surface area contributed by atoms with E-state index in [1.165, 1.54) is 0 Å². The molecule has 0 atom stereocenters. The van der Waals surface area contributed by atoms with Crippen LogP contribution in [0, 0.1) is 0 Å². The van der Waals surface area contributed by atoms with Gasteiger partial charge in [-0.1, -0.05) is 6.92 Å². The number of nitrogens with zero attached hydrogens (tertiary/aromatic N) is 2. The van der Waals surface area contributed by atoms with Crippen molar-refractivity contribution in [1.29, 1.82) is 0 Å². The van der Waals surface area contributed by atoms with Gasteiger partial charge in [-0.05, 0) is 18.6 Å². The summed E-state index contributed by atoms with van der Waals surface area (Å²) in [6.45, 7) is 1.10. The first-order valence-corrected chi connectivity index (χ1v) is 9.30. The molecule has 1 aromatic rings. The number of carbonyl (C=O) groups is 1. The van der Waals surface area contributed by atoms with E-state index in [0.29, 0.717) is 6.42 Å². The zero-order valence-electron chi connectivity index (χ0n) is 11.6. The van der Waals surface area contributed by atoms with Crippen molar-refractivity contribution in [3.05, 3.63) is 18.3 Å². The van der Waals surface area contributed by atoms with E-state index in [4.69, 9.17) is 5.11 Å². The van der Waals surface area contributed by atoms with Gasteiger partial charge in [-0.25, -0.2) is 21.8 Å². The van der Waals surface area contributed by atoms with Crippen LogP contribution in [0.2, 0.25) is 0 Å². The van der Waals surface area contributed by atoms with Crippen LogP contribution in [0.15, 0.2) is 28.3 Å². The lowest BCUT2D eigenvalue weighted by atomic mass is 10.5. The highest BCUT2D eigenvalue weighted by Gasteiger charge is 2.26. The Morgan fingerprint density at radius 2 is 1.90 bits per heavy atom. The van der Waals surface area contributed by atoms with E-state index in [-0.39, 0.29) is 16.5 Å². The van der Waals surface area contributed by atoms with Crippen LogP contribution in [-0.2, 0) is 24.7 Å².